The number of aryl methyl sites for hydroxylation is 1. The minimum absolute atomic E-state index is 0.170. The Labute approximate surface area is 130 Å². The van der Waals surface area contributed by atoms with Crippen molar-refractivity contribution in [1.29, 1.82) is 0 Å². The van der Waals surface area contributed by atoms with Gasteiger partial charge in [0.05, 0.1) is 6.21 Å². The van der Waals surface area contributed by atoms with E-state index in [1.54, 1.807) is 30.3 Å². The molecule has 0 bridgehead atoms. The maximum Gasteiger partial charge on any atom is 0.271 e. The molecule has 0 unspecified atom stereocenters. The normalized spacial score (nSPS) is 10.7. The molecule has 2 rings (SSSR count). The monoisotopic (exact) mass is 380 g/mol. The van der Waals surface area contributed by atoms with Crippen LogP contribution in [0.4, 0.5) is 0 Å². The summed E-state index contributed by atoms with van der Waals surface area (Å²) in [6.07, 6.45) is 1.44. The summed E-state index contributed by atoms with van der Waals surface area (Å²) in [7, 11) is 0. The second-order valence-corrected chi connectivity index (χ2v) is 5.47. The summed E-state index contributed by atoms with van der Waals surface area (Å²) in [5.41, 5.74) is 4.31. The summed E-state index contributed by atoms with van der Waals surface area (Å²) >= 11 is 2.16. The number of phenols is 1. The first kappa shape index (κ1) is 14.5. The molecule has 0 saturated carbocycles. The average molecular weight is 380 g/mol. The molecule has 0 saturated heterocycles. The second-order valence-electron chi connectivity index (χ2n) is 4.23. The number of hydrogen-bond donors (Lipinski definition) is 2. The predicted molar refractivity (Wildman–Crippen MR) is 87.1 cm³/mol. The van der Waals surface area contributed by atoms with Gasteiger partial charge in [0.25, 0.3) is 5.91 Å². The van der Waals surface area contributed by atoms with Crippen LogP contribution in [0.5, 0.6) is 5.75 Å². The van der Waals surface area contributed by atoms with Crippen LogP contribution in [0.25, 0.3) is 0 Å². The first-order valence-corrected chi connectivity index (χ1v) is 7.03. The van der Waals surface area contributed by atoms with Gasteiger partial charge in [0.2, 0.25) is 0 Å². The fourth-order valence-electron chi connectivity index (χ4n) is 1.67. The van der Waals surface area contributed by atoms with E-state index < -0.39 is 0 Å². The maximum absolute atomic E-state index is 11.8. The largest absolute Gasteiger partial charge is 0.507 e. The number of hydrazone groups is 1. The summed E-state index contributed by atoms with van der Waals surface area (Å²) in [6.45, 7) is 1.82. The van der Waals surface area contributed by atoms with Crippen LogP contribution in [-0.2, 0) is 0 Å². The number of phenolic OH excluding ortho intramolecular Hbond substituents is 1. The van der Waals surface area contributed by atoms with E-state index in [1.807, 2.05) is 19.1 Å². The quantitative estimate of drug-likeness (QED) is 0.489. The number of carbonyl (C=O) groups is 1. The Morgan fingerprint density at radius 2 is 2.00 bits per heavy atom. The van der Waals surface area contributed by atoms with Crippen molar-refractivity contribution >= 4 is 34.7 Å². The van der Waals surface area contributed by atoms with Gasteiger partial charge in [-0.2, -0.15) is 5.10 Å². The summed E-state index contributed by atoms with van der Waals surface area (Å²) in [5.74, 6) is -0.119. The molecule has 2 N–H and O–H groups in total. The van der Waals surface area contributed by atoms with Gasteiger partial charge < -0.3 is 5.11 Å². The summed E-state index contributed by atoms with van der Waals surface area (Å²) in [4.78, 5) is 11.8. The smallest absolute Gasteiger partial charge is 0.271 e. The second kappa shape index (κ2) is 6.51. The van der Waals surface area contributed by atoms with Gasteiger partial charge in [-0.15, -0.1) is 0 Å². The van der Waals surface area contributed by atoms with Crippen LogP contribution in [0.2, 0.25) is 0 Å². The van der Waals surface area contributed by atoms with Crippen LogP contribution < -0.4 is 5.43 Å². The number of halogens is 1. The minimum Gasteiger partial charge on any atom is -0.507 e. The summed E-state index contributed by atoms with van der Waals surface area (Å²) in [6, 6.07) is 12.5. The van der Waals surface area contributed by atoms with Crippen LogP contribution in [-0.4, -0.2) is 17.2 Å². The van der Waals surface area contributed by atoms with Crippen molar-refractivity contribution in [1.82, 2.24) is 5.43 Å². The van der Waals surface area contributed by atoms with E-state index in [4.69, 9.17) is 0 Å². The number of nitrogens with zero attached hydrogens (tertiary/aromatic N) is 1. The lowest BCUT2D eigenvalue weighted by Gasteiger charge is -2.04. The summed E-state index contributed by atoms with van der Waals surface area (Å²) < 4.78 is 0.994. The number of aromatic hydroxyl groups is 1. The van der Waals surface area contributed by atoms with Crippen molar-refractivity contribution in [3.05, 3.63) is 62.7 Å². The van der Waals surface area contributed by atoms with Crippen molar-refractivity contribution in [3.8, 4) is 5.75 Å². The molecular weight excluding hydrogens is 367 g/mol. The number of benzene rings is 2. The van der Waals surface area contributed by atoms with Crippen LogP contribution >= 0.6 is 22.6 Å². The van der Waals surface area contributed by atoms with E-state index >= 15 is 0 Å². The Kier molecular flexibility index (Phi) is 4.73. The Morgan fingerprint density at radius 1 is 1.30 bits per heavy atom. The fourth-order valence-corrected chi connectivity index (χ4v) is 2.48. The highest BCUT2D eigenvalue weighted by atomic mass is 127. The molecule has 20 heavy (non-hydrogen) atoms. The highest BCUT2D eigenvalue weighted by Crippen LogP contribution is 2.23. The van der Waals surface area contributed by atoms with Crippen LogP contribution in [0, 0.1) is 10.5 Å². The van der Waals surface area contributed by atoms with Gasteiger partial charge in [-0.25, -0.2) is 5.43 Å². The Balaban J connectivity index is 2.10. The van der Waals surface area contributed by atoms with Crippen molar-refractivity contribution < 1.29 is 9.90 Å². The highest BCUT2D eigenvalue weighted by molar-refractivity contribution is 14.1. The number of amides is 1. The molecule has 0 aliphatic carbocycles. The van der Waals surface area contributed by atoms with Crippen LogP contribution in [0.3, 0.4) is 0 Å². The number of carbonyl (C=O) groups excluding carboxylic acids is 1. The molecule has 0 fully saturated rings. The zero-order valence-corrected chi connectivity index (χ0v) is 13.0. The van der Waals surface area contributed by atoms with Gasteiger partial charge in [-0.3, -0.25) is 4.79 Å². The molecule has 2 aromatic carbocycles. The van der Waals surface area contributed by atoms with E-state index in [-0.39, 0.29) is 11.7 Å². The molecule has 0 radical (unpaired) electrons. The average Bonchev–Trinajstić information content (AvgIpc) is 2.44. The van der Waals surface area contributed by atoms with Crippen molar-refractivity contribution in [3.63, 3.8) is 0 Å². The lowest BCUT2D eigenvalue weighted by Crippen LogP contribution is -2.17. The predicted octanol–water partition coefficient (Wildman–Crippen LogP) is 3.07. The molecule has 2 aromatic rings. The molecular formula is C15H13IN2O2. The SMILES string of the molecule is Cc1cc(I)cc(C=NNC(=O)c2ccccc2)c1O. The van der Waals surface area contributed by atoms with Gasteiger partial charge in [0, 0.05) is 14.7 Å². The van der Waals surface area contributed by atoms with E-state index in [0.717, 1.165) is 9.13 Å². The van der Waals surface area contributed by atoms with Gasteiger partial charge >= 0.3 is 0 Å². The van der Waals surface area contributed by atoms with Gasteiger partial charge in [-0.05, 0) is 59.3 Å². The van der Waals surface area contributed by atoms with Crippen molar-refractivity contribution in [2.24, 2.45) is 5.10 Å². The first-order chi connectivity index (χ1) is 9.58. The van der Waals surface area contributed by atoms with E-state index in [9.17, 15) is 9.90 Å². The summed E-state index contributed by atoms with van der Waals surface area (Å²) in [5, 5.41) is 13.8. The van der Waals surface area contributed by atoms with E-state index in [0.29, 0.717) is 11.1 Å². The zero-order chi connectivity index (χ0) is 14.5. The zero-order valence-electron chi connectivity index (χ0n) is 10.8. The van der Waals surface area contributed by atoms with Crippen LogP contribution in [0.15, 0.2) is 47.6 Å². The Hall–Kier alpha value is -1.89. The lowest BCUT2D eigenvalue weighted by molar-refractivity contribution is 0.0955. The number of rotatable bonds is 3. The minimum atomic E-state index is -0.288. The Morgan fingerprint density at radius 3 is 2.70 bits per heavy atom. The van der Waals surface area contributed by atoms with Gasteiger partial charge in [0.15, 0.2) is 0 Å². The fraction of sp³-hybridized carbons (Fsp3) is 0.0667. The molecule has 0 heterocycles. The van der Waals surface area contributed by atoms with Gasteiger partial charge in [0.1, 0.15) is 5.75 Å². The molecule has 4 nitrogen and oxygen atoms in total. The molecule has 5 heteroatoms. The topological polar surface area (TPSA) is 61.7 Å². The third-order valence-corrected chi connectivity index (χ3v) is 3.32. The van der Waals surface area contributed by atoms with Crippen molar-refractivity contribution in [2.45, 2.75) is 6.92 Å². The third-order valence-electron chi connectivity index (χ3n) is 2.70. The standard InChI is InChI=1S/C15H13IN2O2/c1-10-7-13(16)8-12(14(10)19)9-17-18-15(20)11-5-3-2-4-6-11/h2-9,19H,1H3,(H,18,20). The van der Waals surface area contributed by atoms with Gasteiger partial charge in [-0.1, -0.05) is 18.2 Å². The molecule has 102 valence electrons. The number of nitrogens with one attached hydrogen (secondary N) is 1. The third kappa shape index (κ3) is 3.57. The number of hydrogen-bond acceptors (Lipinski definition) is 3. The molecule has 0 aliphatic rings. The first-order valence-electron chi connectivity index (χ1n) is 5.95. The maximum atomic E-state index is 11.8. The lowest BCUT2D eigenvalue weighted by atomic mass is 10.1. The van der Waals surface area contributed by atoms with E-state index in [2.05, 4.69) is 33.1 Å². The van der Waals surface area contributed by atoms with Crippen LogP contribution in [0.1, 0.15) is 21.5 Å². The van der Waals surface area contributed by atoms with E-state index in [1.165, 1.54) is 6.21 Å². The highest BCUT2D eigenvalue weighted by Gasteiger charge is 2.05. The molecule has 0 spiro atoms. The molecule has 1 amide bonds. The molecule has 0 atom stereocenters. The molecule has 0 aromatic heterocycles. The Bertz CT molecular complexity index is 654. The van der Waals surface area contributed by atoms with Crippen molar-refractivity contribution in [2.75, 3.05) is 0 Å². The molecule has 0 aliphatic heterocycles.